The van der Waals surface area contributed by atoms with Crippen LogP contribution in [0.5, 0.6) is 0 Å². The fraction of sp³-hybridized carbons (Fsp3) is 0.875. The van der Waals surface area contributed by atoms with E-state index in [2.05, 4.69) is 15.2 Å². The van der Waals surface area contributed by atoms with Gasteiger partial charge in [0.05, 0.1) is 0 Å². The van der Waals surface area contributed by atoms with Crippen molar-refractivity contribution in [2.75, 3.05) is 46.4 Å². The second-order valence-electron chi connectivity index (χ2n) is 6.54. The molecule has 0 bridgehead atoms. The quantitative estimate of drug-likeness (QED) is 0.412. The summed E-state index contributed by atoms with van der Waals surface area (Å²) in [5, 5.41) is 3.49. The second kappa shape index (κ2) is 9.05. The van der Waals surface area contributed by atoms with Crippen LogP contribution in [0.1, 0.15) is 32.1 Å². The highest BCUT2D eigenvalue weighted by atomic mass is 127. The SMILES string of the molecule is CN=C(NCC1CCC1)N1CCN(C(=O)C2CCCO2)CC1.I. The Morgan fingerprint density at radius 2 is 1.83 bits per heavy atom. The third kappa shape index (κ3) is 4.71. The maximum atomic E-state index is 12.3. The summed E-state index contributed by atoms with van der Waals surface area (Å²) in [5.74, 6) is 1.98. The molecular weight excluding hydrogens is 407 g/mol. The zero-order chi connectivity index (χ0) is 15.4. The Morgan fingerprint density at radius 1 is 1.13 bits per heavy atom. The van der Waals surface area contributed by atoms with Gasteiger partial charge >= 0.3 is 0 Å². The summed E-state index contributed by atoms with van der Waals surface area (Å²) in [6.07, 6.45) is 5.75. The highest BCUT2D eigenvalue weighted by Gasteiger charge is 2.31. The van der Waals surface area contributed by atoms with Crippen LogP contribution >= 0.6 is 24.0 Å². The first-order valence-corrected chi connectivity index (χ1v) is 8.64. The Morgan fingerprint density at radius 3 is 2.35 bits per heavy atom. The van der Waals surface area contributed by atoms with Crippen LogP contribution in [0.15, 0.2) is 4.99 Å². The molecule has 0 aromatic rings. The minimum Gasteiger partial charge on any atom is -0.368 e. The van der Waals surface area contributed by atoms with Gasteiger partial charge in [-0.05, 0) is 31.6 Å². The summed E-state index contributed by atoms with van der Waals surface area (Å²) in [7, 11) is 1.84. The average molecular weight is 436 g/mol. The van der Waals surface area contributed by atoms with Gasteiger partial charge in [-0.15, -0.1) is 24.0 Å². The summed E-state index contributed by atoms with van der Waals surface area (Å²) in [5.41, 5.74) is 0. The smallest absolute Gasteiger partial charge is 0.251 e. The Labute approximate surface area is 156 Å². The van der Waals surface area contributed by atoms with E-state index in [1.54, 1.807) is 0 Å². The number of rotatable bonds is 3. The number of nitrogens with one attached hydrogen (secondary N) is 1. The molecule has 2 saturated heterocycles. The maximum absolute atomic E-state index is 12.3. The number of amides is 1. The summed E-state index contributed by atoms with van der Waals surface area (Å²) in [4.78, 5) is 20.9. The molecule has 132 valence electrons. The van der Waals surface area contributed by atoms with Crippen molar-refractivity contribution in [2.24, 2.45) is 10.9 Å². The molecule has 1 N–H and O–H groups in total. The lowest BCUT2D eigenvalue weighted by Gasteiger charge is -2.38. The van der Waals surface area contributed by atoms with Crippen molar-refractivity contribution in [3.63, 3.8) is 0 Å². The molecule has 1 amide bonds. The van der Waals surface area contributed by atoms with Gasteiger partial charge in [-0.25, -0.2) is 0 Å². The zero-order valence-corrected chi connectivity index (χ0v) is 16.3. The standard InChI is InChI=1S/C16H28N4O2.HI/c1-17-16(18-12-13-4-2-5-13)20-9-7-19(8-10-20)15(21)14-6-3-11-22-14;/h13-14H,2-12H2,1H3,(H,17,18);1H. The van der Waals surface area contributed by atoms with Gasteiger partial charge in [-0.1, -0.05) is 6.42 Å². The van der Waals surface area contributed by atoms with Crippen molar-refractivity contribution in [3.05, 3.63) is 0 Å². The molecule has 0 aromatic heterocycles. The first-order chi connectivity index (χ1) is 10.8. The topological polar surface area (TPSA) is 57.2 Å². The summed E-state index contributed by atoms with van der Waals surface area (Å²) in [6.45, 7) is 4.99. The molecule has 7 heteroatoms. The lowest BCUT2D eigenvalue weighted by Crippen LogP contribution is -2.55. The van der Waals surface area contributed by atoms with E-state index >= 15 is 0 Å². The van der Waals surface area contributed by atoms with E-state index < -0.39 is 0 Å². The third-order valence-corrected chi connectivity index (χ3v) is 5.08. The van der Waals surface area contributed by atoms with E-state index in [0.717, 1.165) is 64.0 Å². The normalized spacial score (nSPS) is 25.8. The highest BCUT2D eigenvalue weighted by Crippen LogP contribution is 2.25. The fourth-order valence-corrected chi connectivity index (χ4v) is 3.38. The van der Waals surface area contributed by atoms with Crippen molar-refractivity contribution in [3.8, 4) is 0 Å². The van der Waals surface area contributed by atoms with E-state index in [9.17, 15) is 4.79 Å². The van der Waals surface area contributed by atoms with Crippen LogP contribution in [0.2, 0.25) is 0 Å². The molecule has 0 spiro atoms. The third-order valence-electron chi connectivity index (χ3n) is 5.08. The molecule has 1 atom stereocenters. The number of ether oxygens (including phenoxy) is 1. The van der Waals surface area contributed by atoms with E-state index in [-0.39, 0.29) is 36.0 Å². The number of carbonyl (C=O) groups excluding carboxylic acids is 1. The molecule has 3 rings (SSSR count). The fourth-order valence-electron chi connectivity index (χ4n) is 3.38. The number of aliphatic imine (C=N–C) groups is 1. The summed E-state index contributed by atoms with van der Waals surface area (Å²) >= 11 is 0. The molecule has 1 unspecified atom stereocenters. The van der Waals surface area contributed by atoms with Crippen LogP contribution in [0.25, 0.3) is 0 Å². The van der Waals surface area contributed by atoms with E-state index in [0.29, 0.717) is 0 Å². The van der Waals surface area contributed by atoms with E-state index in [4.69, 9.17) is 4.74 Å². The predicted octanol–water partition coefficient (Wildman–Crippen LogP) is 1.30. The van der Waals surface area contributed by atoms with E-state index in [1.165, 1.54) is 19.3 Å². The molecule has 2 aliphatic heterocycles. The molecular formula is C16H29IN4O2. The Kier molecular flexibility index (Phi) is 7.39. The van der Waals surface area contributed by atoms with E-state index in [1.807, 2.05) is 11.9 Å². The molecule has 2 heterocycles. The number of carbonyl (C=O) groups is 1. The number of halogens is 1. The number of piperazine rings is 1. The maximum Gasteiger partial charge on any atom is 0.251 e. The molecule has 3 aliphatic rings. The first kappa shape index (κ1) is 18.8. The molecule has 1 saturated carbocycles. The van der Waals surface area contributed by atoms with Gasteiger partial charge in [0, 0.05) is 46.4 Å². The minimum atomic E-state index is -0.192. The van der Waals surface area contributed by atoms with Crippen LogP contribution in [0.3, 0.4) is 0 Å². The first-order valence-electron chi connectivity index (χ1n) is 8.64. The average Bonchev–Trinajstić information content (AvgIpc) is 3.04. The van der Waals surface area contributed by atoms with Crippen molar-refractivity contribution >= 4 is 35.8 Å². The van der Waals surface area contributed by atoms with Gasteiger partial charge in [0.25, 0.3) is 5.91 Å². The Bertz CT molecular complexity index is 414. The summed E-state index contributed by atoms with van der Waals surface area (Å²) < 4.78 is 5.51. The highest BCUT2D eigenvalue weighted by molar-refractivity contribution is 14.0. The number of guanidine groups is 1. The number of hydrogen-bond acceptors (Lipinski definition) is 3. The van der Waals surface area contributed by atoms with Gasteiger partial charge in [-0.3, -0.25) is 9.79 Å². The molecule has 6 nitrogen and oxygen atoms in total. The predicted molar refractivity (Wildman–Crippen MR) is 101 cm³/mol. The number of nitrogens with zero attached hydrogens (tertiary/aromatic N) is 3. The Hall–Kier alpha value is -0.570. The molecule has 0 aromatic carbocycles. The van der Waals surface area contributed by atoms with Gasteiger partial charge in [0.1, 0.15) is 6.10 Å². The second-order valence-corrected chi connectivity index (χ2v) is 6.54. The molecule has 23 heavy (non-hydrogen) atoms. The van der Waals surface area contributed by atoms with Crippen LogP contribution in [0.4, 0.5) is 0 Å². The molecule has 1 aliphatic carbocycles. The van der Waals surface area contributed by atoms with Gasteiger partial charge in [0.15, 0.2) is 5.96 Å². The van der Waals surface area contributed by atoms with Crippen LogP contribution in [-0.4, -0.2) is 74.1 Å². The minimum absolute atomic E-state index is 0. The van der Waals surface area contributed by atoms with Gasteiger partial charge in [0.2, 0.25) is 0 Å². The molecule has 3 fully saturated rings. The van der Waals surface area contributed by atoms with Gasteiger partial charge in [-0.2, -0.15) is 0 Å². The number of hydrogen-bond donors (Lipinski definition) is 1. The monoisotopic (exact) mass is 436 g/mol. The van der Waals surface area contributed by atoms with Crippen LogP contribution in [0, 0.1) is 5.92 Å². The molecule has 0 radical (unpaired) electrons. The van der Waals surface area contributed by atoms with Crippen molar-refractivity contribution in [2.45, 2.75) is 38.2 Å². The lowest BCUT2D eigenvalue weighted by atomic mass is 9.85. The summed E-state index contributed by atoms with van der Waals surface area (Å²) in [6, 6.07) is 0. The van der Waals surface area contributed by atoms with Gasteiger partial charge < -0.3 is 19.9 Å². The van der Waals surface area contributed by atoms with Crippen molar-refractivity contribution in [1.29, 1.82) is 0 Å². The largest absolute Gasteiger partial charge is 0.368 e. The van der Waals surface area contributed by atoms with Crippen LogP contribution in [-0.2, 0) is 9.53 Å². The van der Waals surface area contributed by atoms with Crippen molar-refractivity contribution in [1.82, 2.24) is 15.1 Å². The Balaban J connectivity index is 0.00000192. The van der Waals surface area contributed by atoms with Crippen molar-refractivity contribution < 1.29 is 9.53 Å². The zero-order valence-electron chi connectivity index (χ0n) is 14.0. The lowest BCUT2D eigenvalue weighted by molar-refractivity contribution is -0.142. The van der Waals surface area contributed by atoms with Crippen LogP contribution < -0.4 is 5.32 Å².